The number of carbonyl (C=O) groups is 1. The Bertz CT molecular complexity index is 2350. The third-order valence-corrected chi connectivity index (χ3v) is 23.1. The molecule has 0 bridgehead atoms. The van der Waals surface area contributed by atoms with Gasteiger partial charge in [0, 0.05) is 72.2 Å². The number of carbonyl (C=O) groups excluding carboxylic acids is 1. The minimum Gasteiger partial charge on any atom is -0.457 e. The van der Waals surface area contributed by atoms with Gasteiger partial charge in [0.2, 0.25) is 5.79 Å². The van der Waals surface area contributed by atoms with Crippen LogP contribution in [-0.2, 0) is 90.4 Å². The monoisotopic (exact) mass is 1240 g/mol. The topological polar surface area (TPSA) is 264 Å². The van der Waals surface area contributed by atoms with E-state index in [1.165, 1.54) is 12.5 Å². The van der Waals surface area contributed by atoms with Crippen LogP contribution in [0.3, 0.4) is 0 Å². The molecule has 7 aliphatic heterocycles. The van der Waals surface area contributed by atoms with Crippen LogP contribution in [0.4, 0.5) is 0 Å². The van der Waals surface area contributed by atoms with Crippen molar-refractivity contribution in [3.05, 3.63) is 11.6 Å². The van der Waals surface area contributed by atoms with E-state index >= 15 is 0 Å². The van der Waals surface area contributed by atoms with Crippen molar-refractivity contribution in [2.45, 2.75) is 331 Å². The minimum atomic E-state index is -1.35. The molecule has 0 aromatic heterocycles. The standard InChI is InChI=1S/C64H104O23/c1-31-54(81-49-24-41(67)55(32(2)74-49)82-52-27-44(71-13)57(34(4)77-52)84-53-26-43(70-12)56(33(3)76-53)80-38(8)65)42(68)25-50(75-31)83-58-36(6)85-63(29-46(58)72-14)30-73-45-28-51(78-35(5)59(45)86-87-63)79-37(7)64(69)22-18-48-61(10)19-15-39-23-40(66)16-20-60(39,9)47(61)17-21-62(48,64)11/h15,31-37,40-59,66-69H,16-30H2,1-14H3/t31-,32-,33-,34-,35-,36-,37+,40+,41+,42+,43+,44+,45-,46+,47+,48+,49+,50+,51+,52+,53+,54-,55-,56-,57-,58-,59-,60+,61-,62+,63+,64+/m1/s1. The molecule has 7 heterocycles. The lowest BCUT2D eigenvalue weighted by molar-refractivity contribution is -0.472. The highest BCUT2D eigenvalue weighted by atomic mass is 17.2. The van der Waals surface area contributed by atoms with E-state index in [2.05, 4.69) is 26.8 Å². The third kappa shape index (κ3) is 12.8. The molecule has 1 spiro atoms. The molecule has 23 nitrogen and oxygen atoms in total. The Morgan fingerprint density at radius 3 is 1.74 bits per heavy atom. The SMILES string of the molecule is CO[C@H]1C[C@H](O[C@H]2[C@@H](OC)C[C@H](O[C@H]3[C@@H](O)C[C@H](O[C@H]4[C@@H](O)C[C@H](O[C@H]5[C@@H](OC)C[C@]6(CO[C@@H]7C[C@H](O[C@@H](C)[C@@]8(O)CC[C@H]9[C@]%10(C)CC=C%11C[C@@H](O)CC[C@]%11(C)[C@@H]%10CC[C@@]98C)O[C@H](C)[C@H]7OO6)O[C@@H]5C)O[C@@H]4C)O[C@@H]3C)O[C@@H]2C)O[C@H](C)[C@H]1OC(C)=O. The molecule has 32 atom stereocenters. The van der Waals surface area contributed by atoms with Crippen LogP contribution < -0.4 is 0 Å². The zero-order chi connectivity index (χ0) is 62.3. The summed E-state index contributed by atoms with van der Waals surface area (Å²) in [6.45, 7) is 21.6. The summed E-state index contributed by atoms with van der Waals surface area (Å²) in [7, 11) is 4.75. The Morgan fingerprint density at radius 1 is 0.621 bits per heavy atom. The normalized spacial score (nSPS) is 53.2. The maximum atomic E-state index is 12.9. The second-order valence-electron chi connectivity index (χ2n) is 28.5. The Kier molecular flexibility index (Phi) is 20.2. The van der Waals surface area contributed by atoms with Crippen molar-refractivity contribution in [3.63, 3.8) is 0 Å². The Balaban J connectivity index is 0.636. The smallest absolute Gasteiger partial charge is 0.303 e. The lowest BCUT2D eigenvalue weighted by atomic mass is 9.41. The summed E-state index contributed by atoms with van der Waals surface area (Å²) >= 11 is 0. The highest BCUT2D eigenvalue weighted by molar-refractivity contribution is 5.66. The Labute approximate surface area is 513 Å². The summed E-state index contributed by atoms with van der Waals surface area (Å²) in [5.41, 5.74) is 0.150. The van der Waals surface area contributed by atoms with Crippen molar-refractivity contribution in [1.82, 2.24) is 0 Å². The van der Waals surface area contributed by atoms with Gasteiger partial charge in [0.05, 0.1) is 85.0 Å². The molecule has 0 aromatic rings. The third-order valence-electron chi connectivity index (χ3n) is 23.1. The first-order valence-corrected chi connectivity index (χ1v) is 32.6. The van der Waals surface area contributed by atoms with Gasteiger partial charge in [0.1, 0.15) is 43.2 Å². The van der Waals surface area contributed by atoms with E-state index in [4.69, 9.17) is 85.6 Å². The van der Waals surface area contributed by atoms with Gasteiger partial charge in [-0.25, -0.2) is 4.89 Å². The van der Waals surface area contributed by atoms with Crippen LogP contribution in [0.5, 0.6) is 0 Å². The van der Waals surface area contributed by atoms with Crippen molar-refractivity contribution >= 4 is 5.97 Å². The summed E-state index contributed by atoms with van der Waals surface area (Å²) < 4.78 is 101. The second-order valence-corrected chi connectivity index (χ2v) is 28.5. The average molecular weight is 1240 g/mol. The van der Waals surface area contributed by atoms with E-state index in [0.29, 0.717) is 37.5 Å². The summed E-state index contributed by atoms with van der Waals surface area (Å²) in [4.78, 5) is 24.2. The molecule has 4 N–H and O–H groups in total. The molecular formula is C64H104O23. The van der Waals surface area contributed by atoms with Gasteiger partial charge >= 0.3 is 5.97 Å². The van der Waals surface area contributed by atoms with E-state index in [1.54, 1.807) is 35.2 Å². The average Bonchev–Trinajstić information content (AvgIpc) is 1.64. The minimum absolute atomic E-state index is 0.0308. The van der Waals surface area contributed by atoms with Crippen LogP contribution in [0.25, 0.3) is 0 Å². The number of ether oxygens (including phenoxy) is 16. The molecule has 10 fully saturated rings. The summed E-state index contributed by atoms with van der Waals surface area (Å²) in [5, 5.41) is 46.6. The molecule has 3 saturated carbocycles. The number of hydrogen-bond acceptors (Lipinski definition) is 23. The zero-order valence-corrected chi connectivity index (χ0v) is 53.8. The van der Waals surface area contributed by atoms with Gasteiger partial charge in [0.25, 0.3) is 0 Å². The number of aliphatic hydroxyl groups is 4. The number of methoxy groups -OCH3 is 3. The zero-order valence-electron chi connectivity index (χ0n) is 53.8. The van der Waals surface area contributed by atoms with Crippen LogP contribution in [-0.4, -0.2) is 219 Å². The molecular weight excluding hydrogens is 1140 g/mol. The van der Waals surface area contributed by atoms with Crippen LogP contribution in [0.15, 0.2) is 11.6 Å². The number of rotatable bonds is 15. The van der Waals surface area contributed by atoms with E-state index in [1.807, 2.05) is 34.6 Å². The van der Waals surface area contributed by atoms with Crippen molar-refractivity contribution in [3.8, 4) is 0 Å². The highest BCUT2D eigenvalue weighted by Gasteiger charge is 2.69. The molecule has 11 aliphatic rings. The predicted molar refractivity (Wildman–Crippen MR) is 306 cm³/mol. The fourth-order valence-electron chi connectivity index (χ4n) is 18.4. The molecule has 0 aromatic carbocycles. The number of aliphatic hydroxyl groups excluding tert-OH is 3. The molecule has 7 saturated heterocycles. The first-order chi connectivity index (χ1) is 41.2. The van der Waals surface area contributed by atoms with Crippen molar-refractivity contribution in [2.75, 3.05) is 27.9 Å². The molecule has 0 radical (unpaired) electrons. The summed E-state index contributed by atoms with van der Waals surface area (Å²) in [5.74, 6) is -0.937. The second kappa shape index (κ2) is 26.3. The van der Waals surface area contributed by atoms with E-state index in [-0.39, 0.29) is 48.2 Å². The van der Waals surface area contributed by atoms with Crippen LogP contribution in [0, 0.1) is 28.1 Å². The van der Waals surface area contributed by atoms with Gasteiger partial charge in [-0.1, -0.05) is 32.4 Å². The van der Waals surface area contributed by atoms with Crippen LogP contribution in [0.1, 0.15) is 166 Å². The quantitative estimate of drug-likeness (QED) is 0.0836. The molecule has 498 valence electrons. The number of allylic oxidation sites excluding steroid dienone is 1. The van der Waals surface area contributed by atoms with E-state index < -0.39 is 165 Å². The molecule has 11 rings (SSSR count). The lowest BCUT2D eigenvalue weighted by Crippen LogP contribution is -2.62. The Morgan fingerprint density at radius 2 is 1.15 bits per heavy atom. The fraction of sp³-hybridized carbons (Fsp3) is 0.953. The molecule has 23 heteroatoms. The van der Waals surface area contributed by atoms with Crippen molar-refractivity contribution in [1.29, 1.82) is 0 Å². The van der Waals surface area contributed by atoms with Gasteiger partial charge in [-0.05, 0) is 122 Å². The van der Waals surface area contributed by atoms with Gasteiger partial charge < -0.3 is 96.2 Å². The van der Waals surface area contributed by atoms with Crippen LogP contribution >= 0.6 is 0 Å². The first kappa shape index (κ1) is 66.8. The fourth-order valence-corrected chi connectivity index (χ4v) is 18.4. The maximum absolute atomic E-state index is 12.9. The highest BCUT2D eigenvalue weighted by Crippen LogP contribution is 2.72. The molecule has 87 heavy (non-hydrogen) atoms. The molecule has 0 amide bonds. The number of esters is 1. The number of fused-ring (bicyclic) bond motifs is 6. The molecule has 4 aliphatic carbocycles. The lowest BCUT2D eigenvalue weighted by Gasteiger charge is -2.64. The van der Waals surface area contributed by atoms with Gasteiger partial charge in [-0.15, -0.1) is 0 Å². The van der Waals surface area contributed by atoms with Gasteiger partial charge in [0.15, 0.2) is 37.6 Å². The van der Waals surface area contributed by atoms with E-state index in [9.17, 15) is 25.2 Å². The van der Waals surface area contributed by atoms with Crippen molar-refractivity contribution in [2.24, 2.45) is 28.1 Å². The molecule has 0 unspecified atom stereocenters. The van der Waals surface area contributed by atoms with Gasteiger partial charge in [-0.3, -0.25) is 4.79 Å². The predicted octanol–water partition coefficient (Wildman–Crippen LogP) is 5.97. The summed E-state index contributed by atoms with van der Waals surface area (Å²) in [6, 6.07) is 0. The van der Waals surface area contributed by atoms with Crippen molar-refractivity contribution < 1.29 is 111 Å². The Hall–Kier alpha value is -1.63. The largest absolute Gasteiger partial charge is 0.457 e. The summed E-state index contributed by atoms with van der Waals surface area (Å²) in [6.07, 6.45) is -4.87. The maximum Gasteiger partial charge on any atom is 0.303 e. The van der Waals surface area contributed by atoms with Crippen LogP contribution in [0.2, 0.25) is 0 Å². The van der Waals surface area contributed by atoms with Gasteiger partial charge in [-0.2, -0.15) is 4.89 Å². The first-order valence-electron chi connectivity index (χ1n) is 32.6. The number of hydrogen-bond donors (Lipinski definition) is 4. The van der Waals surface area contributed by atoms with E-state index in [0.717, 1.165) is 44.9 Å².